The molecule has 0 aromatic heterocycles. The Morgan fingerprint density at radius 1 is 1.19 bits per heavy atom. The van der Waals surface area contributed by atoms with E-state index < -0.39 is 13.9 Å². The van der Waals surface area contributed by atoms with Gasteiger partial charge in [-0.1, -0.05) is 6.92 Å². The Morgan fingerprint density at radius 3 is 2.33 bits per heavy atom. The van der Waals surface area contributed by atoms with Crippen molar-refractivity contribution < 1.29 is 28.0 Å². The molecule has 1 aliphatic rings. The lowest BCUT2D eigenvalue weighted by Crippen LogP contribution is -2.30. The van der Waals surface area contributed by atoms with E-state index in [2.05, 4.69) is 0 Å². The van der Waals surface area contributed by atoms with E-state index in [1.165, 1.54) is 0 Å². The van der Waals surface area contributed by atoms with Crippen LogP contribution in [-0.4, -0.2) is 42.0 Å². The first-order chi connectivity index (χ1) is 9.62. The minimum absolute atomic E-state index is 0.0188. The van der Waals surface area contributed by atoms with E-state index in [1.54, 1.807) is 13.8 Å². The van der Waals surface area contributed by atoms with Gasteiger partial charge in [-0.3, -0.25) is 9.05 Å². The molecule has 0 aromatic carbocycles. The lowest BCUT2D eigenvalue weighted by atomic mass is 9.98. The second-order valence-corrected chi connectivity index (χ2v) is 7.50. The van der Waals surface area contributed by atoms with Crippen LogP contribution in [0.4, 0.5) is 0 Å². The molecule has 126 valence electrons. The normalized spacial score (nSPS) is 32.8. The van der Waals surface area contributed by atoms with Crippen LogP contribution in [0.2, 0.25) is 0 Å². The summed E-state index contributed by atoms with van der Waals surface area (Å²) in [4.78, 5) is 9.81. The molecule has 6 nitrogen and oxygen atoms in total. The molecule has 1 rings (SSSR count). The Hall–Kier alpha value is 0.0300. The third-order valence-corrected chi connectivity index (χ3v) is 4.66. The lowest BCUT2D eigenvalue weighted by molar-refractivity contribution is -0.0198. The van der Waals surface area contributed by atoms with Crippen molar-refractivity contribution in [3.63, 3.8) is 0 Å². The maximum absolute atomic E-state index is 12.0. The number of ether oxygens (including phenoxy) is 2. The highest BCUT2D eigenvalue weighted by atomic mass is 31.2. The van der Waals surface area contributed by atoms with E-state index in [9.17, 15) is 9.46 Å². The number of hydrogen-bond acceptors (Lipinski definition) is 5. The zero-order valence-electron chi connectivity index (χ0n) is 13.8. The lowest BCUT2D eigenvalue weighted by Gasteiger charge is -2.25. The quantitative estimate of drug-likeness (QED) is 0.691. The zero-order valence-corrected chi connectivity index (χ0v) is 14.7. The van der Waals surface area contributed by atoms with Crippen molar-refractivity contribution in [1.82, 2.24) is 0 Å². The van der Waals surface area contributed by atoms with Crippen LogP contribution in [0.3, 0.4) is 0 Å². The number of hydrogen-bond donors (Lipinski definition) is 1. The second-order valence-electron chi connectivity index (χ2n) is 6.14. The summed E-state index contributed by atoms with van der Waals surface area (Å²) in [5, 5.41) is 0. The van der Waals surface area contributed by atoms with E-state index in [1.807, 2.05) is 27.7 Å². The fourth-order valence-corrected chi connectivity index (χ4v) is 3.56. The van der Waals surface area contributed by atoms with Crippen LogP contribution in [-0.2, 0) is 23.1 Å². The highest BCUT2D eigenvalue weighted by molar-refractivity contribution is 7.47. The van der Waals surface area contributed by atoms with Crippen LogP contribution in [0.25, 0.3) is 0 Å². The number of rotatable bonds is 8. The summed E-state index contributed by atoms with van der Waals surface area (Å²) in [5.41, 5.74) is 0. The Balaban J connectivity index is 2.63. The van der Waals surface area contributed by atoms with Crippen LogP contribution in [0.1, 0.15) is 48.0 Å². The van der Waals surface area contributed by atoms with Gasteiger partial charge in [0.05, 0.1) is 24.4 Å². The van der Waals surface area contributed by atoms with Crippen molar-refractivity contribution in [2.75, 3.05) is 6.61 Å². The van der Waals surface area contributed by atoms with E-state index in [4.69, 9.17) is 18.5 Å². The Morgan fingerprint density at radius 2 is 1.81 bits per heavy atom. The van der Waals surface area contributed by atoms with Crippen LogP contribution in [0, 0.1) is 5.92 Å². The van der Waals surface area contributed by atoms with E-state index in [-0.39, 0.29) is 30.3 Å². The number of phosphoric acid groups is 1. The molecule has 0 saturated carbocycles. The molecule has 0 spiro atoms. The van der Waals surface area contributed by atoms with Crippen molar-refractivity contribution in [2.45, 2.75) is 78.5 Å². The van der Waals surface area contributed by atoms with Gasteiger partial charge in [0.1, 0.15) is 6.10 Å². The maximum atomic E-state index is 12.0. The Kier molecular flexibility index (Phi) is 7.31. The van der Waals surface area contributed by atoms with Crippen LogP contribution < -0.4 is 0 Å². The van der Waals surface area contributed by atoms with Crippen LogP contribution in [0.15, 0.2) is 0 Å². The van der Waals surface area contributed by atoms with Gasteiger partial charge in [-0.05, 0) is 41.0 Å². The molecule has 1 aliphatic heterocycles. The predicted molar refractivity (Wildman–Crippen MR) is 80.1 cm³/mol. The Labute approximate surface area is 127 Å². The van der Waals surface area contributed by atoms with E-state index in [0.717, 1.165) is 0 Å². The first kappa shape index (κ1) is 19.1. The van der Waals surface area contributed by atoms with Crippen molar-refractivity contribution >= 4 is 7.82 Å². The Bertz CT molecular complexity index is 359. The van der Waals surface area contributed by atoms with Crippen molar-refractivity contribution in [1.29, 1.82) is 0 Å². The largest absolute Gasteiger partial charge is 0.472 e. The summed E-state index contributed by atoms with van der Waals surface area (Å²) in [6.07, 6.45) is -0.361. The van der Waals surface area contributed by atoms with Crippen molar-refractivity contribution in [2.24, 2.45) is 5.92 Å². The molecule has 5 atom stereocenters. The van der Waals surface area contributed by atoms with Crippen molar-refractivity contribution in [3.8, 4) is 0 Å². The average molecular weight is 324 g/mol. The first-order valence-electron chi connectivity index (χ1n) is 7.59. The smallest absolute Gasteiger partial charge is 0.379 e. The molecule has 0 bridgehead atoms. The molecular weight excluding hydrogens is 295 g/mol. The summed E-state index contributed by atoms with van der Waals surface area (Å²) in [7, 11) is -4.07. The SMILES string of the molecule is CC(C)OCC[C@H]1O[C@@H](C)[C@H](C)[C@@H]1OP(=O)(O)OC(C)C. The third kappa shape index (κ3) is 6.35. The molecule has 0 radical (unpaired) electrons. The summed E-state index contributed by atoms with van der Waals surface area (Å²) in [6.45, 7) is 11.7. The molecule has 1 saturated heterocycles. The fraction of sp³-hybridized carbons (Fsp3) is 1.00. The van der Waals surface area contributed by atoms with Gasteiger partial charge in [0.2, 0.25) is 0 Å². The summed E-state index contributed by atoms with van der Waals surface area (Å²) < 4.78 is 33.7. The van der Waals surface area contributed by atoms with Gasteiger partial charge < -0.3 is 14.4 Å². The summed E-state index contributed by atoms with van der Waals surface area (Å²) >= 11 is 0. The molecule has 1 unspecified atom stereocenters. The molecule has 0 aromatic rings. The molecule has 1 heterocycles. The minimum Gasteiger partial charge on any atom is -0.379 e. The summed E-state index contributed by atoms with van der Waals surface area (Å²) in [6, 6.07) is 0. The molecule has 1 N–H and O–H groups in total. The van der Waals surface area contributed by atoms with Crippen molar-refractivity contribution in [3.05, 3.63) is 0 Å². The monoisotopic (exact) mass is 324 g/mol. The molecule has 7 heteroatoms. The molecule has 0 aliphatic carbocycles. The third-order valence-electron chi connectivity index (χ3n) is 3.47. The molecule has 1 fully saturated rings. The highest BCUT2D eigenvalue weighted by Crippen LogP contribution is 2.49. The van der Waals surface area contributed by atoms with Gasteiger partial charge in [0.15, 0.2) is 0 Å². The van der Waals surface area contributed by atoms with E-state index >= 15 is 0 Å². The van der Waals surface area contributed by atoms with Crippen LogP contribution in [0.5, 0.6) is 0 Å². The first-order valence-corrected chi connectivity index (χ1v) is 9.08. The molecular formula is C14H29O6P. The van der Waals surface area contributed by atoms with Gasteiger partial charge in [-0.2, -0.15) is 0 Å². The van der Waals surface area contributed by atoms with Gasteiger partial charge in [0.25, 0.3) is 0 Å². The van der Waals surface area contributed by atoms with Gasteiger partial charge >= 0.3 is 7.82 Å². The van der Waals surface area contributed by atoms with Gasteiger partial charge in [-0.15, -0.1) is 0 Å². The molecule has 21 heavy (non-hydrogen) atoms. The van der Waals surface area contributed by atoms with Crippen LogP contribution >= 0.6 is 7.82 Å². The minimum atomic E-state index is -4.07. The topological polar surface area (TPSA) is 74.2 Å². The number of phosphoric ester groups is 1. The highest BCUT2D eigenvalue weighted by Gasteiger charge is 2.44. The maximum Gasteiger partial charge on any atom is 0.472 e. The zero-order chi connectivity index (χ0) is 16.2. The second kappa shape index (κ2) is 8.04. The fourth-order valence-electron chi connectivity index (χ4n) is 2.34. The standard InChI is InChI=1S/C14H29O6P/c1-9(2)17-8-7-13-14(11(5)12(6)18-13)20-21(15,16)19-10(3)4/h9-14H,7-8H2,1-6H3,(H,15,16)/t11-,12-,13+,14-/m0/s1. The molecule has 0 amide bonds. The van der Waals surface area contributed by atoms with Gasteiger partial charge in [0, 0.05) is 12.5 Å². The summed E-state index contributed by atoms with van der Waals surface area (Å²) in [5.74, 6) is 0.0188. The van der Waals surface area contributed by atoms with Gasteiger partial charge in [-0.25, -0.2) is 4.57 Å². The average Bonchev–Trinajstić information content (AvgIpc) is 2.54. The predicted octanol–water partition coefficient (Wildman–Crippen LogP) is 3.14. The van der Waals surface area contributed by atoms with E-state index in [0.29, 0.717) is 13.0 Å².